The Bertz CT molecular complexity index is 1340. The van der Waals surface area contributed by atoms with Crippen molar-refractivity contribution in [1.82, 2.24) is 13.8 Å². The molecule has 0 bridgehead atoms. The van der Waals surface area contributed by atoms with E-state index in [9.17, 15) is 8.42 Å². The molecule has 0 unspecified atom stereocenters. The van der Waals surface area contributed by atoms with Crippen molar-refractivity contribution in [2.24, 2.45) is 4.99 Å². The fourth-order valence-corrected chi connectivity index (χ4v) is 7.17. The number of morpholine rings is 1. The first-order chi connectivity index (χ1) is 18.0. The quantitative estimate of drug-likeness (QED) is 0.409. The highest BCUT2D eigenvalue weighted by Gasteiger charge is 2.27. The van der Waals surface area contributed by atoms with Crippen LogP contribution in [0.25, 0.3) is 11.3 Å². The summed E-state index contributed by atoms with van der Waals surface area (Å²) in [6.45, 7) is 8.85. The van der Waals surface area contributed by atoms with E-state index in [0.29, 0.717) is 24.6 Å². The van der Waals surface area contributed by atoms with Gasteiger partial charge in [-0.3, -0.25) is 4.90 Å². The summed E-state index contributed by atoms with van der Waals surface area (Å²) in [4.78, 5) is 8.61. The average molecular weight is 543 g/mol. The molecule has 0 atom stereocenters. The average Bonchev–Trinajstić information content (AvgIpc) is 3.61. The summed E-state index contributed by atoms with van der Waals surface area (Å²) in [7, 11) is -3.43. The molecule has 10 heteroatoms. The number of sulfonamides is 1. The second kappa shape index (κ2) is 11.9. The summed E-state index contributed by atoms with van der Waals surface area (Å²) >= 11 is 1.59. The minimum Gasteiger partial charge on any atom is -0.494 e. The molecule has 2 saturated heterocycles. The van der Waals surface area contributed by atoms with Crippen molar-refractivity contribution in [2.75, 3.05) is 52.5 Å². The second-order valence-electron chi connectivity index (χ2n) is 9.18. The van der Waals surface area contributed by atoms with Gasteiger partial charge >= 0.3 is 0 Å². The first kappa shape index (κ1) is 26.1. The number of nitrogens with zero attached hydrogens (tertiary/aromatic N) is 4. The molecule has 8 nitrogen and oxygen atoms in total. The number of hydrogen-bond acceptors (Lipinski definition) is 7. The van der Waals surface area contributed by atoms with Gasteiger partial charge in [0.1, 0.15) is 5.75 Å². The summed E-state index contributed by atoms with van der Waals surface area (Å²) in [5.74, 6) is 0.831. The fraction of sp³-hybridized carbons (Fsp3) is 0.444. The van der Waals surface area contributed by atoms with E-state index in [1.807, 2.05) is 43.3 Å². The third kappa shape index (κ3) is 6.15. The third-order valence-electron chi connectivity index (χ3n) is 6.77. The molecule has 1 aromatic heterocycles. The van der Waals surface area contributed by atoms with Crippen molar-refractivity contribution < 1.29 is 17.9 Å². The molecule has 3 aromatic rings. The Morgan fingerprint density at radius 1 is 0.946 bits per heavy atom. The fourth-order valence-electron chi connectivity index (χ4n) is 4.70. The van der Waals surface area contributed by atoms with E-state index in [4.69, 9.17) is 14.5 Å². The van der Waals surface area contributed by atoms with Crippen LogP contribution < -0.4 is 9.54 Å². The maximum absolute atomic E-state index is 13.0. The van der Waals surface area contributed by atoms with Gasteiger partial charge in [-0.1, -0.05) is 12.1 Å². The lowest BCUT2D eigenvalue weighted by molar-refractivity contribution is 0.0363. The number of thiazole rings is 1. The lowest BCUT2D eigenvalue weighted by Crippen LogP contribution is -2.39. The molecule has 0 amide bonds. The van der Waals surface area contributed by atoms with E-state index in [1.54, 1.807) is 27.8 Å². The Hall–Kier alpha value is -2.50. The zero-order chi connectivity index (χ0) is 25.7. The molecule has 3 heterocycles. The Balaban J connectivity index is 1.45. The molecule has 5 rings (SSSR count). The molecular weight excluding hydrogens is 508 g/mol. The van der Waals surface area contributed by atoms with Crippen LogP contribution in [0.3, 0.4) is 0 Å². The van der Waals surface area contributed by atoms with Gasteiger partial charge in [0.05, 0.1) is 36.1 Å². The smallest absolute Gasteiger partial charge is 0.243 e. The SMILES string of the molecule is CCOc1ccc(N=c2scc(-c3ccc(S(=O)(=O)N4CCCC4)cc3)n2CCN2CCOCC2)cc1. The zero-order valence-corrected chi connectivity index (χ0v) is 22.8. The van der Waals surface area contributed by atoms with Gasteiger partial charge < -0.3 is 14.0 Å². The first-order valence-electron chi connectivity index (χ1n) is 12.9. The summed E-state index contributed by atoms with van der Waals surface area (Å²) in [6.07, 6.45) is 1.85. The molecule has 37 heavy (non-hydrogen) atoms. The molecule has 0 N–H and O–H groups in total. The molecule has 198 valence electrons. The van der Waals surface area contributed by atoms with Gasteiger partial charge in [-0.25, -0.2) is 13.4 Å². The van der Waals surface area contributed by atoms with Crippen LogP contribution in [-0.4, -0.2) is 74.7 Å². The van der Waals surface area contributed by atoms with E-state index in [1.165, 1.54) is 0 Å². The highest BCUT2D eigenvalue weighted by Crippen LogP contribution is 2.26. The highest BCUT2D eigenvalue weighted by atomic mass is 32.2. The third-order valence-corrected chi connectivity index (χ3v) is 9.54. The summed E-state index contributed by atoms with van der Waals surface area (Å²) in [6, 6.07) is 15.1. The maximum atomic E-state index is 13.0. The van der Waals surface area contributed by atoms with Crippen LogP contribution in [-0.2, 0) is 21.3 Å². The number of hydrogen-bond donors (Lipinski definition) is 0. The molecule has 2 aromatic carbocycles. The van der Waals surface area contributed by atoms with Gasteiger partial charge in [0, 0.05) is 44.6 Å². The van der Waals surface area contributed by atoms with Crippen LogP contribution >= 0.6 is 11.3 Å². The number of aromatic nitrogens is 1. The van der Waals surface area contributed by atoms with Gasteiger partial charge in [-0.2, -0.15) is 4.31 Å². The molecule has 0 saturated carbocycles. The second-order valence-corrected chi connectivity index (χ2v) is 12.0. The monoisotopic (exact) mass is 542 g/mol. The molecule has 2 aliphatic rings. The van der Waals surface area contributed by atoms with E-state index in [0.717, 1.165) is 79.7 Å². The van der Waals surface area contributed by atoms with Crippen molar-refractivity contribution in [3.05, 3.63) is 58.7 Å². The predicted octanol–water partition coefficient (Wildman–Crippen LogP) is 3.96. The normalized spacial score (nSPS) is 17.9. The lowest BCUT2D eigenvalue weighted by Gasteiger charge is -2.26. The standard InChI is InChI=1S/C27H34N4O4S2/c1-2-35-24-9-7-23(8-10-24)28-27-31(16-15-29-17-19-34-20-18-29)26(21-36-27)22-5-11-25(12-6-22)37(32,33)30-13-3-4-14-30/h5-12,21H,2-4,13-20H2,1H3. The van der Waals surface area contributed by atoms with Crippen LogP contribution in [0.5, 0.6) is 5.75 Å². The van der Waals surface area contributed by atoms with Crippen LogP contribution in [0.4, 0.5) is 5.69 Å². The number of ether oxygens (including phenoxy) is 2. The van der Waals surface area contributed by atoms with Crippen molar-refractivity contribution in [3.8, 4) is 17.0 Å². The molecule has 2 fully saturated rings. The molecule has 0 aliphatic carbocycles. The first-order valence-corrected chi connectivity index (χ1v) is 15.2. The van der Waals surface area contributed by atoms with Gasteiger partial charge in [0.2, 0.25) is 10.0 Å². The number of rotatable bonds is 9. The summed E-state index contributed by atoms with van der Waals surface area (Å²) < 4.78 is 40.9. The Morgan fingerprint density at radius 3 is 2.32 bits per heavy atom. The van der Waals surface area contributed by atoms with E-state index < -0.39 is 10.0 Å². The molecular formula is C27H34N4O4S2. The minimum atomic E-state index is -3.43. The van der Waals surface area contributed by atoms with E-state index in [2.05, 4.69) is 14.8 Å². The lowest BCUT2D eigenvalue weighted by atomic mass is 10.2. The largest absolute Gasteiger partial charge is 0.494 e. The van der Waals surface area contributed by atoms with Crippen LogP contribution in [0, 0.1) is 0 Å². The summed E-state index contributed by atoms with van der Waals surface area (Å²) in [5, 5.41) is 2.11. The zero-order valence-electron chi connectivity index (χ0n) is 21.2. The summed E-state index contributed by atoms with van der Waals surface area (Å²) in [5.41, 5.74) is 2.88. The van der Waals surface area contributed by atoms with Gasteiger partial charge in [-0.15, -0.1) is 11.3 Å². The van der Waals surface area contributed by atoms with Crippen molar-refractivity contribution in [1.29, 1.82) is 0 Å². The van der Waals surface area contributed by atoms with Crippen molar-refractivity contribution in [3.63, 3.8) is 0 Å². The van der Waals surface area contributed by atoms with E-state index in [-0.39, 0.29) is 0 Å². The van der Waals surface area contributed by atoms with Crippen molar-refractivity contribution >= 4 is 27.0 Å². The Kier molecular flexibility index (Phi) is 8.41. The molecule has 0 radical (unpaired) electrons. The minimum absolute atomic E-state index is 0.354. The molecule has 0 spiro atoms. The van der Waals surface area contributed by atoms with Gasteiger partial charge in [0.15, 0.2) is 4.80 Å². The topological polar surface area (TPSA) is 76.4 Å². The van der Waals surface area contributed by atoms with Crippen LogP contribution in [0.2, 0.25) is 0 Å². The highest BCUT2D eigenvalue weighted by molar-refractivity contribution is 7.89. The Labute approximate surface area is 222 Å². The van der Waals surface area contributed by atoms with Crippen LogP contribution in [0.1, 0.15) is 19.8 Å². The molecule has 2 aliphatic heterocycles. The van der Waals surface area contributed by atoms with Crippen molar-refractivity contribution in [2.45, 2.75) is 31.2 Å². The number of benzene rings is 2. The van der Waals surface area contributed by atoms with Gasteiger partial charge in [0.25, 0.3) is 0 Å². The van der Waals surface area contributed by atoms with Crippen LogP contribution in [0.15, 0.2) is 63.8 Å². The Morgan fingerprint density at radius 2 is 1.65 bits per heavy atom. The van der Waals surface area contributed by atoms with E-state index >= 15 is 0 Å². The maximum Gasteiger partial charge on any atom is 0.243 e. The predicted molar refractivity (Wildman–Crippen MR) is 146 cm³/mol. The van der Waals surface area contributed by atoms with Gasteiger partial charge in [-0.05, 0) is 61.7 Å².